The molecule has 2 saturated heterocycles. The Morgan fingerprint density at radius 1 is 0.923 bits per heavy atom. The van der Waals surface area contributed by atoms with Crippen LogP contribution in [0.1, 0.15) is 48.7 Å². The molecule has 39 heavy (non-hydrogen) atoms. The van der Waals surface area contributed by atoms with Crippen molar-refractivity contribution in [2.75, 3.05) is 45.3 Å². The number of nitrogens with zero attached hydrogens (tertiary/aromatic N) is 5. The first kappa shape index (κ1) is 26.1. The summed E-state index contributed by atoms with van der Waals surface area (Å²) in [5, 5.41) is 0. The second kappa shape index (κ2) is 10.1. The number of anilines is 1. The molecule has 0 N–H and O–H groups in total. The number of benzene rings is 2. The molecule has 0 radical (unpaired) electrons. The zero-order valence-electron chi connectivity index (χ0n) is 22.6. The zero-order valence-corrected chi connectivity index (χ0v) is 22.6. The Labute approximate surface area is 226 Å². The monoisotopic (exact) mass is 537 g/mol. The maximum absolute atomic E-state index is 14.4. The topological polar surface area (TPSA) is 45.9 Å². The van der Waals surface area contributed by atoms with Gasteiger partial charge in [0.15, 0.2) is 0 Å². The van der Waals surface area contributed by atoms with Gasteiger partial charge in [-0.15, -0.1) is 0 Å². The molecule has 0 amide bonds. The van der Waals surface area contributed by atoms with Gasteiger partial charge in [-0.25, -0.2) is 4.98 Å². The van der Waals surface area contributed by atoms with Crippen molar-refractivity contribution < 1.29 is 17.9 Å². The molecule has 0 saturated carbocycles. The summed E-state index contributed by atoms with van der Waals surface area (Å²) < 4.78 is 50.8. The molecule has 0 aliphatic carbocycles. The molecule has 2 aliphatic heterocycles. The minimum Gasteiger partial charge on any atom is -0.381 e. The van der Waals surface area contributed by atoms with Gasteiger partial charge in [-0.3, -0.25) is 9.38 Å². The van der Waals surface area contributed by atoms with E-state index < -0.39 is 11.7 Å². The summed E-state index contributed by atoms with van der Waals surface area (Å²) in [5.41, 5.74) is 4.42. The number of piperidine rings is 1. The van der Waals surface area contributed by atoms with Crippen LogP contribution in [0.25, 0.3) is 27.7 Å². The highest BCUT2D eigenvalue weighted by molar-refractivity contribution is 5.85. The van der Waals surface area contributed by atoms with Gasteiger partial charge in [0.05, 0.1) is 34.0 Å². The normalized spacial score (nSPS) is 18.1. The molecular formula is C30H34F3N5O. The SMILES string of the molecule is Cc1nc(C2CCOCC2)n2c1cnc1ccc(-c3ccc(N4CCC(N(C)C)CC4)c(C(F)(F)F)c3)cc12. The maximum Gasteiger partial charge on any atom is 0.418 e. The lowest BCUT2D eigenvalue weighted by molar-refractivity contribution is -0.137. The lowest BCUT2D eigenvalue weighted by Gasteiger charge is -2.37. The van der Waals surface area contributed by atoms with Crippen LogP contribution in [0.15, 0.2) is 42.6 Å². The number of imidazole rings is 1. The van der Waals surface area contributed by atoms with Crippen LogP contribution >= 0.6 is 0 Å². The zero-order chi connectivity index (χ0) is 27.3. The summed E-state index contributed by atoms with van der Waals surface area (Å²) in [5.74, 6) is 1.24. The molecule has 2 aromatic heterocycles. The molecular weight excluding hydrogens is 503 g/mol. The van der Waals surface area contributed by atoms with E-state index in [1.165, 1.54) is 6.07 Å². The second-order valence-electron chi connectivity index (χ2n) is 11.0. The van der Waals surface area contributed by atoms with Crippen molar-refractivity contribution in [3.8, 4) is 11.1 Å². The molecule has 6 rings (SSSR count). The molecule has 2 fully saturated rings. The predicted molar refractivity (Wildman–Crippen MR) is 147 cm³/mol. The number of hydrogen-bond acceptors (Lipinski definition) is 5. The minimum absolute atomic E-state index is 0.264. The van der Waals surface area contributed by atoms with E-state index in [9.17, 15) is 13.2 Å². The Balaban J connectivity index is 1.42. The number of rotatable bonds is 4. The van der Waals surface area contributed by atoms with Gasteiger partial charge in [-0.2, -0.15) is 13.2 Å². The average molecular weight is 538 g/mol. The van der Waals surface area contributed by atoms with Crippen LogP contribution in [0.5, 0.6) is 0 Å². The fourth-order valence-electron chi connectivity index (χ4n) is 6.16. The van der Waals surface area contributed by atoms with E-state index in [1.807, 2.05) is 56.4 Å². The first-order chi connectivity index (χ1) is 18.7. The number of hydrogen-bond donors (Lipinski definition) is 0. The van der Waals surface area contributed by atoms with Gasteiger partial charge in [-0.1, -0.05) is 12.1 Å². The molecule has 0 spiro atoms. The molecule has 4 heterocycles. The summed E-state index contributed by atoms with van der Waals surface area (Å²) in [6, 6.07) is 10.9. The number of aromatic nitrogens is 3. The Hall–Kier alpha value is -3.17. The van der Waals surface area contributed by atoms with Crippen molar-refractivity contribution in [2.24, 2.45) is 0 Å². The van der Waals surface area contributed by atoms with Gasteiger partial charge >= 0.3 is 6.18 Å². The number of alkyl halides is 3. The van der Waals surface area contributed by atoms with Gasteiger partial charge in [0.1, 0.15) is 5.82 Å². The highest BCUT2D eigenvalue weighted by atomic mass is 19.4. The van der Waals surface area contributed by atoms with E-state index in [-0.39, 0.29) is 11.6 Å². The van der Waals surface area contributed by atoms with Crippen molar-refractivity contribution in [2.45, 2.75) is 50.7 Å². The fraction of sp³-hybridized carbons (Fsp3) is 0.467. The molecule has 6 nitrogen and oxygen atoms in total. The fourth-order valence-corrected chi connectivity index (χ4v) is 6.16. The van der Waals surface area contributed by atoms with Crippen LogP contribution in [0.4, 0.5) is 18.9 Å². The molecule has 4 aromatic rings. The molecule has 206 valence electrons. The molecule has 0 atom stereocenters. The summed E-state index contributed by atoms with van der Waals surface area (Å²) in [7, 11) is 4.06. The number of halogens is 3. The van der Waals surface area contributed by atoms with Gasteiger partial charge in [-0.05, 0) is 82.1 Å². The molecule has 9 heteroatoms. The largest absolute Gasteiger partial charge is 0.418 e. The molecule has 0 unspecified atom stereocenters. The second-order valence-corrected chi connectivity index (χ2v) is 11.0. The molecule has 0 bridgehead atoms. The maximum atomic E-state index is 14.4. The molecule has 2 aliphatic rings. The lowest BCUT2D eigenvalue weighted by atomic mass is 9.98. The van der Waals surface area contributed by atoms with Crippen LogP contribution in [0.2, 0.25) is 0 Å². The minimum atomic E-state index is -4.45. The smallest absolute Gasteiger partial charge is 0.381 e. The quantitative estimate of drug-likeness (QED) is 0.306. The highest BCUT2D eigenvalue weighted by Gasteiger charge is 2.36. The summed E-state index contributed by atoms with van der Waals surface area (Å²) >= 11 is 0. The van der Waals surface area contributed by atoms with Gasteiger partial charge in [0, 0.05) is 44.0 Å². The van der Waals surface area contributed by atoms with E-state index in [0.717, 1.165) is 59.3 Å². The van der Waals surface area contributed by atoms with Crippen LogP contribution in [-0.4, -0.2) is 65.7 Å². The first-order valence-corrected chi connectivity index (χ1v) is 13.7. The number of aryl methyl sites for hydroxylation is 1. The standard InChI is InChI=1S/C30H34F3N5O/c1-19-28-18-34-25-6-4-22(17-27(25)38(28)29(35-19)20-10-14-39-15-11-20)21-5-7-26(24(16-21)30(31,32)33)37-12-8-23(9-13-37)36(2)3/h4-7,16-18,20,23H,8-15H2,1-3H3. The van der Waals surface area contributed by atoms with E-state index in [0.29, 0.717) is 37.9 Å². The summed E-state index contributed by atoms with van der Waals surface area (Å²) in [6.07, 6.45) is 0.865. The Bertz CT molecular complexity index is 1500. The summed E-state index contributed by atoms with van der Waals surface area (Å²) in [4.78, 5) is 13.6. The van der Waals surface area contributed by atoms with Crippen LogP contribution in [0.3, 0.4) is 0 Å². The predicted octanol–water partition coefficient (Wildman–Crippen LogP) is 6.30. The van der Waals surface area contributed by atoms with Gasteiger partial charge in [0.25, 0.3) is 0 Å². The van der Waals surface area contributed by atoms with E-state index in [2.05, 4.69) is 14.3 Å². The van der Waals surface area contributed by atoms with E-state index in [1.54, 1.807) is 6.07 Å². The lowest BCUT2D eigenvalue weighted by Crippen LogP contribution is -2.42. The Kier molecular flexibility index (Phi) is 6.75. The van der Waals surface area contributed by atoms with Crippen molar-refractivity contribution in [1.29, 1.82) is 0 Å². The third kappa shape index (κ3) is 4.87. The third-order valence-electron chi connectivity index (χ3n) is 8.42. The van der Waals surface area contributed by atoms with Crippen molar-refractivity contribution >= 4 is 22.2 Å². The van der Waals surface area contributed by atoms with E-state index >= 15 is 0 Å². The van der Waals surface area contributed by atoms with Crippen molar-refractivity contribution in [3.05, 3.63) is 59.7 Å². The van der Waals surface area contributed by atoms with E-state index in [4.69, 9.17) is 9.72 Å². The van der Waals surface area contributed by atoms with Crippen molar-refractivity contribution in [1.82, 2.24) is 19.3 Å². The first-order valence-electron chi connectivity index (χ1n) is 13.7. The third-order valence-corrected chi connectivity index (χ3v) is 8.42. The van der Waals surface area contributed by atoms with Crippen molar-refractivity contribution in [3.63, 3.8) is 0 Å². The summed E-state index contributed by atoms with van der Waals surface area (Å²) in [6.45, 7) is 4.60. The highest BCUT2D eigenvalue weighted by Crippen LogP contribution is 2.41. The Morgan fingerprint density at radius 3 is 2.31 bits per heavy atom. The number of fused-ring (bicyclic) bond motifs is 3. The Morgan fingerprint density at radius 2 is 1.62 bits per heavy atom. The van der Waals surface area contributed by atoms with Crippen LogP contribution in [-0.2, 0) is 10.9 Å². The van der Waals surface area contributed by atoms with Gasteiger partial charge in [0.2, 0.25) is 0 Å². The van der Waals surface area contributed by atoms with Crippen LogP contribution in [0, 0.1) is 6.92 Å². The number of ether oxygens (including phenoxy) is 1. The molecule has 2 aromatic carbocycles. The van der Waals surface area contributed by atoms with Crippen LogP contribution < -0.4 is 4.90 Å². The van der Waals surface area contributed by atoms with Gasteiger partial charge < -0.3 is 14.5 Å². The average Bonchev–Trinajstić information content (AvgIpc) is 3.29.